The van der Waals surface area contributed by atoms with Crippen LogP contribution in [-0.4, -0.2) is 24.4 Å². The Bertz CT molecular complexity index is 573. The molecule has 0 bridgehead atoms. The number of hydrogen-bond acceptors (Lipinski definition) is 3. The molecule has 0 aliphatic carbocycles. The average Bonchev–Trinajstić information content (AvgIpc) is 2.86. The summed E-state index contributed by atoms with van der Waals surface area (Å²) in [5.41, 5.74) is 4.57. The van der Waals surface area contributed by atoms with E-state index in [9.17, 15) is 0 Å². The Balaban J connectivity index is 2.54. The van der Waals surface area contributed by atoms with Gasteiger partial charge >= 0.3 is 0 Å². The fourth-order valence-corrected chi connectivity index (χ4v) is 2.20. The van der Waals surface area contributed by atoms with Crippen LogP contribution in [0.2, 0.25) is 0 Å². The van der Waals surface area contributed by atoms with Gasteiger partial charge in [0.05, 0.1) is 12.8 Å². The fourth-order valence-electron chi connectivity index (χ4n) is 2.20. The molecule has 0 aliphatic rings. The van der Waals surface area contributed by atoms with Crippen molar-refractivity contribution in [1.29, 1.82) is 0 Å². The number of rotatable bonds is 4. The normalized spacial score (nSPS) is 10.8. The molecule has 2 N–H and O–H groups in total. The highest BCUT2D eigenvalue weighted by atomic mass is 16.5. The van der Waals surface area contributed by atoms with Crippen LogP contribution in [0.25, 0.3) is 11.3 Å². The molecular formula is C15H21N3O. The van der Waals surface area contributed by atoms with Crippen molar-refractivity contribution in [3.8, 4) is 17.0 Å². The molecule has 0 saturated heterocycles. The van der Waals surface area contributed by atoms with Crippen molar-refractivity contribution in [3.63, 3.8) is 0 Å². The molecule has 0 saturated carbocycles. The first-order valence-electron chi connectivity index (χ1n) is 6.49. The van der Waals surface area contributed by atoms with Crippen molar-refractivity contribution in [2.75, 3.05) is 19.5 Å². The number of aromatic amines is 1. The van der Waals surface area contributed by atoms with Gasteiger partial charge in [-0.3, -0.25) is 5.10 Å². The number of hydrogen-bond donors (Lipinski definition) is 2. The third-order valence-corrected chi connectivity index (χ3v) is 3.32. The molecule has 0 aliphatic heterocycles. The Labute approximate surface area is 114 Å². The van der Waals surface area contributed by atoms with E-state index in [0.717, 1.165) is 17.3 Å². The van der Waals surface area contributed by atoms with Gasteiger partial charge in [-0.15, -0.1) is 0 Å². The second kappa shape index (κ2) is 5.34. The molecular weight excluding hydrogens is 238 g/mol. The maximum absolute atomic E-state index is 5.47. The van der Waals surface area contributed by atoms with E-state index < -0.39 is 0 Å². The number of benzene rings is 1. The quantitative estimate of drug-likeness (QED) is 0.882. The topological polar surface area (TPSA) is 49.9 Å². The first kappa shape index (κ1) is 13.5. The number of H-pyrrole nitrogens is 1. The number of nitrogens with zero attached hydrogens (tertiary/aromatic N) is 1. The number of nitrogens with one attached hydrogen (secondary N) is 2. The molecule has 0 spiro atoms. The van der Waals surface area contributed by atoms with Gasteiger partial charge in [0.2, 0.25) is 0 Å². The zero-order chi connectivity index (χ0) is 14.0. The summed E-state index contributed by atoms with van der Waals surface area (Å²) < 4.78 is 5.47. The van der Waals surface area contributed by atoms with E-state index in [4.69, 9.17) is 4.74 Å². The fraction of sp³-hybridized carbons (Fsp3) is 0.400. The van der Waals surface area contributed by atoms with Gasteiger partial charge in [0, 0.05) is 18.7 Å². The maximum atomic E-state index is 5.47. The van der Waals surface area contributed by atoms with E-state index in [1.807, 2.05) is 13.1 Å². The summed E-state index contributed by atoms with van der Waals surface area (Å²) in [5, 5.41) is 10.3. The molecule has 0 fully saturated rings. The van der Waals surface area contributed by atoms with Crippen molar-refractivity contribution >= 4 is 5.82 Å². The minimum absolute atomic E-state index is 0.418. The van der Waals surface area contributed by atoms with E-state index in [-0.39, 0.29) is 0 Å². The lowest BCUT2D eigenvalue weighted by molar-refractivity contribution is 0.407. The SMILES string of the molecule is CNc1cc(-c2cc(C(C)C)c(OC)cc2C)[nH]n1. The van der Waals surface area contributed by atoms with Crippen LogP contribution < -0.4 is 10.1 Å². The largest absolute Gasteiger partial charge is 0.496 e. The molecule has 19 heavy (non-hydrogen) atoms. The summed E-state index contributed by atoms with van der Waals surface area (Å²) in [7, 11) is 3.58. The first-order chi connectivity index (χ1) is 9.06. The van der Waals surface area contributed by atoms with Gasteiger partial charge in [0.25, 0.3) is 0 Å². The van der Waals surface area contributed by atoms with Gasteiger partial charge in [0.1, 0.15) is 11.6 Å². The predicted molar refractivity (Wildman–Crippen MR) is 78.9 cm³/mol. The molecule has 1 aromatic heterocycles. The van der Waals surface area contributed by atoms with Gasteiger partial charge < -0.3 is 10.1 Å². The number of methoxy groups -OCH3 is 1. The molecule has 4 heteroatoms. The number of aryl methyl sites for hydroxylation is 1. The van der Waals surface area contributed by atoms with E-state index in [0.29, 0.717) is 5.92 Å². The summed E-state index contributed by atoms with van der Waals surface area (Å²) >= 11 is 0. The highest BCUT2D eigenvalue weighted by Gasteiger charge is 2.13. The van der Waals surface area contributed by atoms with Crippen LogP contribution in [0.5, 0.6) is 5.75 Å². The summed E-state index contributed by atoms with van der Waals surface area (Å²) in [6.07, 6.45) is 0. The first-order valence-corrected chi connectivity index (χ1v) is 6.49. The van der Waals surface area contributed by atoms with E-state index >= 15 is 0 Å². The monoisotopic (exact) mass is 259 g/mol. The Morgan fingerprint density at radius 1 is 1.26 bits per heavy atom. The van der Waals surface area contributed by atoms with E-state index in [1.165, 1.54) is 16.7 Å². The summed E-state index contributed by atoms with van der Waals surface area (Å²) in [6.45, 7) is 6.42. The van der Waals surface area contributed by atoms with Crippen LogP contribution >= 0.6 is 0 Å². The molecule has 1 aromatic carbocycles. The standard InChI is InChI=1S/C15H21N3O/c1-9(2)11-7-12(10(3)6-14(11)19-5)13-8-15(16-4)18-17-13/h6-9H,1-5H3,(H2,16,17,18). The third-order valence-electron chi connectivity index (χ3n) is 3.32. The lowest BCUT2D eigenvalue weighted by Crippen LogP contribution is -1.97. The van der Waals surface area contributed by atoms with Crippen LogP contribution in [0.15, 0.2) is 18.2 Å². The molecule has 102 valence electrons. The van der Waals surface area contributed by atoms with Crippen molar-refractivity contribution in [2.24, 2.45) is 0 Å². The second-order valence-electron chi connectivity index (χ2n) is 4.98. The highest BCUT2D eigenvalue weighted by molar-refractivity contribution is 5.69. The minimum Gasteiger partial charge on any atom is -0.496 e. The van der Waals surface area contributed by atoms with Gasteiger partial charge in [-0.2, -0.15) is 5.10 Å². The Morgan fingerprint density at radius 2 is 2.00 bits per heavy atom. The number of anilines is 1. The van der Waals surface area contributed by atoms with Crippen molar-refractivity contribution in [3.05, 3.63) is 29.3 Å². The lowest BCUT2D eigenvalue weighted by Gasteiger charge is -2.15. The van der Waals surface area contributed by atoms with Crippen LogP contribution in [0.3, 0.4) is 0 Å². The van der Waals surface area contributed by atoms with Crippen LogP contribution in [0.1, 0.15) is 30.9 Å². The van der Waals surface area contributed by atoms with E-state index in [1.54, 1.807) is 7.11 Å². The molecule has 2 rings (SSSR count). The zero-order valence-electron chi connectivity index (χ0n) is 12.2. The predicted octanol–water partition coefficient (Wildman–Crippen LogP) is 3.56. The molecule has 0 amide bonds. The van der Waals surface area contributed by atoms with Crippen molar-refractivity contribution in [1.82, 2.24) is 10.2 Å². The molecule has 0 radical (unpaired) electrons. The van der Waals surface area contributed by atoms with Crippen molar-refractivity contribution < 1.29 is 4.74 Å². The van der Waals surface area contributed by atoms with Gasteiger partial charge in [-0.05, 0) is 36.1 Å². The van der Waals surface area contributed by atoms with Crippen LogP contribution in [0, 0.1) is 6.92 Å². The molecule has 1 heterocycles. The second-order valence-corrected chi connectivity index (χ2v) is 4.98. The molecule has 0 unspecified atom stereocenters. The van der Waals surface area contributed by atoms with Gasteiger partial charge in [-0.1, -0.05) is 13.8 Å². The zero-order valence-corrected chi connectivity index (χ0v) is 12.2. The molecule has 4 nitrogen and oxygen atoms in total. The number of aromatic nitrogens is 2. The number of ether oxygens (including phenoxy) is 1. The Morgan fingerprint density at radius 3 is 2.53 bits per heavy atom. The Hall–Kier alpha value is -1.97. The van der Waals surface area contributed by atoms with Crippen molar-refractivity contribution in [2.45, 2.75) is 26.7 Å². The van der Waals surface area contributed by atoms with Crippen LogP contribution in [0.4, 0.5) is 5.82 Å². The summed E-state index contributed by atoms with van der Waals surface area (Å²) in [6, 6.07) is 6.29. The molecule has 0 atom stereocenters. The van der Waals surface area contributed by atoms with E-state index in [2.05, 4.69) is 48.4 Å². The average molecular weight is 259 g/mol. The smallest absolute Gasteiger partial charge is 0.148 e. The minimum atomic E-state index is 0.418. The van der Waals surface area contributed by atoms with Gasteiger partial charge in [-0.25, -0.2) is 0 Å². The maximum Gasteiger partial charge on any atom is 0.148 e. The highest BCUT2D eigenvalue weighted by Crippen LogP contribution is 2.34. The third kappa shape index (κ3) is 2.57. The Kier molecular flexibility index (Phi) is 3.79. The van der Waals surface area contributed by atoms with Gasteiger partial charge in [0.15, 0.2) is 0 Å². The molecule has 2 aromatic rings. The lowest BCUT2D eigenvalue weighted by atomic mass is 9.95. The van der Waals surface area contributed by atoms with Crippen LogP contribution in [-0.2, 0) is 0 Å². The summed E-state index contributed by atoms with van der Waals surface area (Å²) in [4.78, 5) is 0. The summed E-state index contributed by atoms with van der Waals surface area (Å²) in [5.74, 6) is 2.21.